The van der Waals surface area contributed by atoms with Gasteiger partial charge in [-0.1, -0.05) is 35.9 Å². The molecule has 170 valence electrons. The van der Waals surface area contributed by atoms with Crippen LogP contribution in [0, 0.1) is 11.7 Å². The zero-order valence-corrected chi connectivity index (χ0v) is 19.9. The molecule has 0 amide bonds. The second-order valence-corrected chi connectivity index (χ2v) is 8.09. The van der Waals surface area contributed by atoms with E-state index >= 15 is 0 Å². The lowest BCUT2D eigenvalue weighted by Crippen LogP contribution is -2.16. The number of nitrogens with one attached hydrogen (secondary N) is 2. The zero-order valence-electron chi connectivity index (χ0n) is 18.3. The highest BCUT2D eigenvalue weighted by atomic mass is 35.5. The third kappa shape index (κ3) is 5.35. The summed E-state index contributed by atoms with van der Waals surface area (Å²) >= 11 is 12.0. The summed E-state index contributed by atoms with van der Waals surface area (Å²) in [5, 5.41) is 7.70. The molecule has 0 spiro atoms. The van der Waals surface area contributed by atoms with Crippen LogP contribution in [-0.4, -0.2) is 26.5 Å². The maximum Gasteiger partial charge on any atom is 0.214 e. The molecule has 2 N–H and O–H groups in total. The summed E-state index contributed by atoms with van der Waals surface area (Å²) in [6.45, 7) is 5.34. The number of aromatic amines is 1. The Morgan fingerprint density at radius 2 is 1.82 bits per heavy atom. The molecule has 4 rings (SSSR count). The summed E-state index contributed by atoms with van der Waals surface area (Å²) in [5.41, 5.74) is 7.29. The van der Waals surface area contributed by atoms with E-state index in [0.717, 1.165) is 16.7 Å². The standard InChI is InChI=1S/C24H24ClN5O2S/c1-3-31-21-12-19(20(25)13-22(21)32-15-18-7-5-4-6-16(18)2)14-27-30-23(28-29-24(30)33)17-8-10-26-11-9-17/h4-13,27H,3,14-15H2,1-2H3,(H,29,33). The summed E-state index contributed by atoms with van der Waals surface area (Å²) < 4.78 is 14.1. The average Bonchev–Trinajstić information content (AvgIpc) is 3.20. The van der Waals surface area contributed by atoms with E-state index in [2.05, 4.69) is 33.6 Å². The van der Waals surface area contributed by atoms with Crippen LogP contribution in [0.15, 0.2) is 60.9 Å². The van der Waals surface area contributed by atoms with Gasteiger partial charge in [0, 0.05) is 29.0 Å². The topological polar surface area (TPSA) is 77.0 Å². The van der Waals surface area contributed by atoms with Gasteiger partial charge in [0.25, 0.3) is 0 Å². The number of ether oxygens (including phenoxy) is 2. The minimum Gasteiger partial charge on any atom is -0.490 e. The fourth-order valence-corrected chi connectivity index (χ4v) is 3.74. The molecule has 4 aromatic rings. The Kier molecular flexibility index (Phi) is 7.26. The Morgan fingerprint density at radius 3 is 2.58 bits per heavy atom. The van der Waals surface area contributed by atoms with Crippen molar-refractivity contribution in [3.05, 3.63) is 87.4 Å². The number of hydrogen-bond acceptors (Lipinski definition) is 6. The predicted octanol–water partition coefficient (Wildman–Crippen LogP) is 5.69. The van der Waals surface area contributed by atoms with Crippen LogP contribution in [0.25, 0.3) is 11.4 Å². The normalized spacial score (nSPS) is 10.8. The number of hydrogen-bond donors (Lipinski definition) is 2. The van der Waals surface area contributed by atoms with E-state index in [9.17, 15) is 0 Å². The number of aryl methyl sites for hydroxylation is 1. The van der Waals surface area contributed by atoms with Crippen LogP contribution in [-0.2, 0) is 13.2 Å². The highest BCUT2D eigenvalue weighted by Crippen LogP contribution is 2.34. The van der Waals surface area contributed by atoms with Gasteiger partial charge in [-0.3, -0.25) is 4.98 Å². The van der Waals surface area contributed by atoms with E-state index in [4.69, 9.17) is 33.3 Å². The Labute approximate surface area is 202 Å². The van der Waals surface area contributed by atoms with E-state index in [0.29, 0.717) is 46.9 Å². The van der Waals surface area contributed by atoms with E-state index in [1.807, 2.05) is 43.3 Å². The van der Waals surface area contributed by atoms with Crippen molar-refractivity contribution in [3.63, 3.8) is 0 Å². The third-order valence-electron chi connectivity index (χ3n) is 5.10. The van der Waals surface area contributed by atoms with Crippen LogP contribution in [0.2, 0.25) is 5.02 Å². The number of H-pyrrole nitrogens is 1. The Balaban J connectivity index is 1.55. The van der Waals surface area contributed by atoms with Crippen LogP contribution in [0.4, 0.5) is 0 Å². The summed E-state index contributed by atoms with van der Waals surface area (Å²) in [7, 11) is 0. The largest absolute Gasteiger partial charge is 0.490 e. The SMILES string of the molecule is CCOc1cc(CNn2c(-c3ccncc3)n[nH]c2=S)c(Cl)cc1OCc1ccccc1C. The van der Waals surface area contributed by atoms with Gasteiger partial charge in [-0.2, -0.15) is 5.10 Å². The van der Waals surface area contributed by atoms with Crippen LogP contribution < -0.4 is 14.9 Å². The van der Waals surface area contributed by atoms with Crippen molar-refractivity contribution in [2.24, 2.45) is 0 Å². The number of rotatable bonds is 9. The average molecular weight is 482 g/mol. The second-order valence-electron chi connectivity index (χ2n) is 7.30. The minimum absolute atomic E-state index is 0.406. The van der Waals surface area contributed by atoms with Gasteiger partial charge >= 0.3 is 0 Å². The third-order valence-corrected chi connectivity index (χ3v) is 5.72. The summed E-state index contributed by atoms with van der Waals surface area (Å²) in [5.74, 6) is 1.89. The molecule has 0 aliphatic carbocycles. The molecular formula is C24H24ClN5O2S. The molecule has 0 aliphatic heterocycles. The summed E-state index contributed by atoms with van der Waals surface area (Å²) in [6, 6.07) is 15.5. The lowest BCUT2D eigenvalue weighted by molar-refractivity contribution is 0.268. The number of halogens is 1. The molecule has 33 heavy (non-hydrogen) atoms. The number of benzene rings is 2. The first-order valence-electron chi connectivity index (χ1n) is 10.5. The highest BCUT2D eigenvalue weighted by molar-refractivity contribution is 7.71. The molecule has 0 aliphatic rings. The van der Waals surface area contributed by atoms with Gasteiger partial charge in [0.15, 0.2) is 17.3 Å². The molecule has 0 fully saturated rings. The van der Waals surface area contributed by atoms with Gasteiger partial charge in [0.2, 0.25) is 4.77 Å². The molecular weight excluding hydrogens is 458 g/mol. The molecule has 2 aromatic carbocycles. The zero-order chi connectivity index (χ0) is 23.2. The Bertz CT molecular complexity index is 1290. The van der Waals surface area contributed by atoms with Gasteiger partial charge in [-0.05, 0) is 61.0 Å². The van der Waals surface area contributed by atoms with Gasteiger partial charge < -0.3 is 14.9 Å². The van der Waals surface area contributed by atoms with Crippen molar-refractivity contribution in [3.8, 4) is 22.9 Å². The highest BCUT2D eigenvalue weighted by Gasteiger charge is 2.14. The maximum absolute atomic E-state index is 6.61. The summed E-state index contributed by atoms with van der Waals surface area (Å²) in [6.07, 6.45) is 3.41. The molecule has 0 saturated carbocycles. The van der Waals surface area contributed by atoms with Crippen LogP contribution in [0.5, 0.6) is 11.5 Å². The van der Waals surface area contributed by atoms with Gasteiger partial charge in [-0.25, -0.2) is 9.77 Å². The fourth-order valence-electron chi connectivity index (χ4n) is 3.32. The van der Waals surface area contributed by atoms with E-state index < -0.39 is 0 Å². The number of pyridine rings is 1. The minimum atomic E-state index is 0.406. The molecule has 0 radical (unpaired) electrons. The van der Waals surface area contributed by atoms with E-state index in [-0.39, 0.29) is 0 Å². The van der Waals surface area contributed by atoms with Crippen molar-refractivity contribution >= 4 is 23.8 Å². The predicted molar refractivity (Wildman–Crippen MR) is 132 cm³/mol. The molecule has 2 aromatic heterocycles. The Morgan fingerprint density at radius 1 is 1.06 bits per heavy atom. The molecule has 0 bridgehead atoms. The van der Waals surface area contributed by atoms with E-state index in [1.165, 1.54) is 5.56 Å². The van der Waals surface area contributed by atoms with Crippen molar-refractivity contribution in [1.29, 1.82) is 0 Å². The van der Waals surface area contributed by atoms with Crippen LogP contribution >= 0.6 is 23.8 Å². The van der Waals surface area contributed by atoms with Crippen molar-refractivity contribution in [2.75, 3.05) is 12.0 Å². The lowest BCUT2D eigenvalue weighted by atomic mass is 10.1. The smallest absolute Gasteiger partial charge is 0.214 e. The van der Waals surface area contributed by atoms with Gasteiger partial charge in [0.05, 0.1) is 13.2 Å². The van der Waals surface area contributed by atoms with Gasteiger partial charge in [0.1, 0.15) is 6.61 Å². The monoisotopic (exact) mass is 481 g/mol. The van der Waals surface area contributed by atoms with Crippen LogP contribution in [0.1, 0.15) is 23.6 Å². The fraction of sp³-hybridized carbons (Fsp3) is 0.208. The van der Waals surface area contributed by atoms with Crippen molar-refractivity contribution in [2.45, 2.75) is 27.0 Å². The van der Waals surface area contributed by atoms with Crippen molar-refractivity contribution < 1.29 is 9.47 Å². The first-order chi connectivity index (χ1) is 16.1. The molecule has 7 nitrogen and oxygen atoms in total. The molecule has 0 unspecified atom stereocenters. The lowest BCUT2D eigenvalue weighted by Gasteiger charge is -2.17. The van der Waals surface area contributed by atoms with Gasteiger partial charge in [-0.15, -0.1) is 0 Å². The first kappa shape index (κ1) is 22.8. The second kappa shape index (κ2) is 10.5. The van der Waals surface area contributed by atoms with Crippen LogP contribution in [0.3, 0.4) is 0 Å². The number of nitrogens with zero attached hydrogens (tertiary/aromatic N) is 3. The molecule has 2 heterocycles. The quantitative estimate of drug-likeness (QED) is 0.299. The maximum atomic E-state index is 6.61. The first-order valence-corrected chi connectivity index (χ1v) is 11.3. The van der Waals surface area contributed by atoms with E-state index in [1.54, 1.807) is 23.1 Å². The number of aromatic nitrogens is 4. The molecule has 9 heteroatoms. The summed E-state index contributed by atoms with van der Waals surface area (Å²) in [4.78, 5) is 4.05. The molecule has 0 saturated heterocycles. The van der Waals surface area contributed by atoms with Crippen molar-refractivity contribution in [1.82, 2.24) is 19.9 Å². The Hall–Kier alpha value is -3.36. The molecule has 0 atom stereocenters.